The molecule has 0 spiro atoms. The zero-order valence-electron chi connectivity index (χ0n) is 10.4. The second kappa shape index (κ2) is 5.85. The molecule has 0 unspecified atom stereocenters. The van der Waals surface area contributed by atoms with E-state index >= 15 is 0 Å². The van der Waals surface area contributed by atoms with Gasteiger partial charge in [0, 0.05) is 11.6 Å². The average Bonchev–Trinajstić information content (AvgIpc) is 2.82. The molecule has 2 aromatic rings. The first kappa shape index (κ1) is 12.9. The van der Waals surface area contributed by atoms with Gasteiger partial charge in [0.25, 0.3) is 5.91 Å². The highest BCUT2D eigenvalue weighted by Crippen LogP contribution is 2.12. The lowest BCUT2D eigenvalue weighted by atomic mass is 10.1. The van der Waals surface area contributed by atoms with E-state index in [0.29, 0.717) is 22.7 Å². The first-order chi connectivity index (χ1) is 9.20. The van der Waals surface area contributed by atoms with Crippen molar-refractivity contribution < 1.29 is 9.32 Å². The average molecular weight is 255 g/mol. The second-order valence-corrected chi connectivity index (χ2v) is 3.83. The third-order valence-corrected chi connectivity index (χ3v) is 2.37. The molecule has 0 radical (unpaired) electrons. The van der Waals surface area contributed by atoms with Crippen LogP contribution in [-0.4, -0.2) is 17.6 Å². The normalized spacial score (nSPS) is 9.58. The lowest BCUT2D eigenvalue weighted by molar-refractivity contribution is 0.102. The fraction of sp³-hybridized carbons (Fsp3) is 0.143. The minimum Gasteiger partial charge on any atom is -0.360 e. The van der Waals surface area contributed by atoms with Crippen LogP contribution in [0.15, 0.2) is 34.9 Å². The standard InChI is InChI=1S/C14H13N3O2/c1-10-9-13(17-19-10)16-14(18)12-7-3-2-5-11(12)6-4-8-15/h2-3,5,7,9H,8,15H2,1H3,(H,16,17,18). The van der Waals surface area contributed by atoms with Gasteiger partial charge in [0.2, 0.25) is 0 Å². The predicted molar refractivity (Wildman–Crippen MR) is 71.6 cm³/mol. The van der Waals surface area contributed by atoms with Gasteiger partial charge in [0.05, 0.1) is 12.1 Å². The van der Waals surface area contributed by atoms with Gasteiger partial charge in [-0.3, -0.25) is 4.79 Å². The number of rotatable bonds is 2. The van der Waals surface area contributed by atoms with E-state index in [0.717, 1.165) is 0 Å². The Morgan fingerprint density at radius 1 is 1.47 bits per heavy atom. The third-order valence-electron chi connectivity index (χ3n) is 2.37. The van der Waals surface area contributed by atoms with Gasteiger partial charge >= 0.3 is 0 Å². The molecule has 1 aromatic heterocycles. The predicted octanol–water partition coefficient (Wildman–Crippen LogP) is 1.55. The number of nitrogens with zero attached hydrogens (tertiary/aromatic N) is 1. The number of carbonyl (C=O) groups is 1. The molecule has 0 aliphatic carbocycles. The number of hydrogen-bond acceptors (Lipinski definition) is 4. The topological polar surface area (TPSA) is 81.2 Å². The highest BCUT2D eigenvalue weighted by atomic mass is 16.5. The van der Waals surface area contributed by atoms with E-state index in [9.17, 15) is 4.79 Å². The fourth-order valence-corrected chi connectivity index (χ4v) is 1.55. The maximum atomic E-state index is 12.1. The summed E-state index contributed by atoms with van der Waals surface area (Å²) in [6.45, 7) is 2.00. The number of nitrogens with one attached hydrogen (secondary N) is 1. The largest absolute Gasteiger partial charge is 0.360 e. The minimum atomic E-state index is -0.282. The molecule has 0 fully saturated rings. The van der Waals surface area contributed by atoms with Crippen molar-refractivity contribution in [3.05, 3.63) is 47.2 Å². The summed E-state index contributed by atoms with van der Waals surface area (Å²) in [6.07, 6.45) is 0. The Labute approximate surface area is 110 Å². The number of hydrogen-bond donors (Lipinski definition) is 2. The van der Waals surface area contributed by atoms with Crippen LogP contribution in [0.3, 0.4) is 0 Å². The van der Waals surface area contributed by atoms with Crippen LogP contribution >= 0.6 is 0 Å². The number of benzene rings is 1. The van der Waals surface area contributed by atoms with Crippen LogP contribution in [0, 0.1) is 18.8 Å². The SMILES string of the molecule is Cc1cc(NC(=O)c2ccccc2C#CCN)no1. The quantitative estimate of drug-likeness (QED) is 0.798. The number of carbonyl (C=O) groups excluding carboxylic acids is 1. The van der Waals surface area contributed by atoms with E-state index in [-0.39, 0.29) is 12.5 Å². The molecule has 96 valence electrons. The van der Waals surface area contributed by atoms with Crippen LogP contribution in [0.1, 0.15) is 21.7 Å². The van der Waals surface area contributed by atoms with Gasteiger partial charge < -0.3 is 15.6 Å². The fourth-order valence-electron chi connectivity index (χ4n) is 1.55. The van der Waals surface area contributed by atoms with Crippen molar-refractivity contribution in [1.82, 2.24) is 5.16 Å². The van der Waals surface area contributed by atoms with Crippen molar-refractivity contribution in [2.75, 3.05) is 11.9 Å². The van der Waals surface area contributed by atoms with Crippen LogP contribution < -0.4 is 11.1 Å². The molecule has 0 saturated heterocycles. The zero-order chi connectivity index (χ0) is 13.7. The second-order valence-electron chi connectivity index (χ2n) is 3.83. The summed E-state index contributed by atoms with van der Waals surface area (Å²) < 4.78 is 4.89. The molecule has 0 atom stereocenters. The highest BCUT2D eigenvalue weighted by molar-refractivity contribution is 6.05. The van der Waals surface area contributed by atoms with E-state index in [1.54, 1.807) is 31.2 Å². The number of aryl methyl sites for hydroxylation is 1. The van der Waals surface area contributed by atoms with E-state index < -0.39 is 0 Å². The lowest BCUT2D eigenvalue weighted by Crippen LogP contribution is -2.13. The van der Waals surface area contributed by atoms with Gasteiger partial charge in [-0.05, 0) is 19.1 Å². The monoisotopic (exact) mass is 255 g/mol. The van der Waals surface area contributed by atoms with Crippen molar-refractivity contribution in [2.45, 2.75) is 6.92 Å². The van der Waals surface area contributed by atoms with Crippen LogP contribution in [0.5, 0.6) is 0 Å². The van der Waals surface area contributed by atoms with Crippen molar-refractivity contribution >= 4 is 11.7 Å². The number of amides is 1. The molecule has 0 bridgehead atoms. The zero-order valence-corrected chi connectivity index (χ0v) is 10.4. The number of aromatic nitrogens is 1. The molecule has 1 amide bonds. The van der Waals surface area contributed by atoms with Crippen LogP contribution in [0.4, 0.5) is 5.82 Å². The van der Waals surface area contributed by atoms with Gasteiger partial charge in [0.15, 0.2) is 5.82 Å². The molecule has 1 heterocycles. The molecule has 0 aliphatic heterocycles. The third kappa shape index (κ3) is 3.21. The summed E-state index contributed by atoms with van der Waals surface area (Å²) in [5, 5.41) is 6.36. The van der Waals surface area contributed by atoms with Crippen molar-refractivity contribution in [3.8, 4) is 11.8 Å². The summed E-state index contributed by atoms with van der Waals surface area (Å²) in [6, 6.07) is 8.70. The first-order valence-corrected chi connectivity index (χ1v) is 5.73. The molecule has 5 heteroatoms. The van der Waals surface area contributed by atoms with E-state index in [4.69, 9.17) is 10.3 Å². The van der Waals surface area contributed by atoms with Crippen LogP contribution in [0.25, 0.3) is 0 Å². The van der Waals surface area contributed by atoms with Crippen molar-refractivity contribution in [2.24, 2.45) is 5.73 Å². The molecular formula is C14H13N3O2. The molecule has 19 heavy (non-hydrogen) atoms. The lowest BCUT2D eigenvalue weighted by Gasteiger charge is -2.03. The summed E-state index contributed by atoms with van der Waals surface area (Å²) in [5.74, 6) is 6.32. The maximum Gasteiger partial charge on any atom is 0.258 e. The Hall–Kier alpha value is -2.58. The van der Waals surface area contributed by atoms with Crippen molar-refractivity contribution in [1.29, 1.82) is 0 Å². The summed E-state index contributed by atoms with van der Waals surface area (Å²) >= 11 is 0. The van der Waals surface area contributed by atoms with Gasteiger partial charge in [-0.25, -0.2) is 0 Å². The molecule has 5 nitrogen and oxygen atoms in total. The molecule has 0 saturated carbocycles. The Morgan fingerprint density at radius 3 is 2.95 bits per heavy atom. The van der Waals surface area contributed by atoms with Gasteiger partial charge in [-0.1, -0.05) is 29.1 Å². The number of nitrogens with two attached hydrogens (primary N) is 1. The van der Waals surface area contributed by atoms with Crippen molar-refractivity contribution in [3.63, 3.8) is 0 Å². The van der Waals surface area contributed by atoms with Crippen LogP contribution in [0.2, 0.25) is 0 Å². The highest BCUT2D eigenvalue weighted by Gasteiger charge is 2.11. The number of anilines is 1. The Balaban J connectivity index is 2.23. The summed E-state index contributed by atoms with van der Waals surface area (Å²) in [5.41, 5.74) is 6.44. The van der Waals surface area contributed by atoms with E-state index in [1.165, 1.54) is 0 Å². The van der Waals surface area contributed by atoms with Gasteiger partial charge in [0.1, 0.15) is 5.76 Å². The smallest absolute Gasteiger partial charge is 0.258 e. The maximum absolute atomic E-state index is 12.1. The van der Waals surface area contributed by atoms with Gasteiger partial charge in [-0.2, -0.15) is 0 Å². The minimum absolute atomic E-state index is 0.248. The van der Waals surface area contributed by atoms with Crippen LogP contribution in [-0.2, 0) is 0 Å². The molecule has 0 aliphatic rings. The molecular weight excluding hydrogens is 242 g/mol. The molecule has 3 N–H and O–H groups in total. The first-order valence-electron chi connectivity index (χ1n) is 5.73. The van der Waals surface area contributed by atoms with Gasteiger partial charge in [-0.15, -0.1) is 0 Å². The van der Waals surface area contributed by atoms with E-state index in [2.05, 4.69) is 22.3 Å². The summed E-state index contributed by atoms with van der Waals surface area (Å²) in [7, 11) is 0. The molecule has 1 aromatic carbocycles. The summed E-state index contributed by atoms with van der Waals surface area (Å²) in [4.78, 5) is 12.1. The molecule has 2 rings (SSSR count). The Kier molecular flexibility index (Phi) is 3.96. The Bertz CT molecular complexity index is 650. The van der Waals surface area contributed by atoms with E-state index in [1.807, 2.05) is 6.07 Å². The Morgan fingerprint density at radius 2 is 2.26 bits per heavy atom.